The minimum absolute atomic E-state index is 0.289. The van der Waals surface area contributed by atoms with Gasteiger partial charge in [0, 0.05) is 9.86 Å². The number of rotatable bonds is 1. The zero-order valence-corrected chi connectivity index (χ0v) is 10.2. The zero-order valence-electron chi connectivity index (χ0n) is 8.57. The predicted molar refractivity (Wildman–Crippen MR) is 66.7 cm³/mol. The van der Waals surface area contributed by atoms with Crippen LogP contribution in [0.15, 0.2) is 22.7 Å². The summed E-state index contributed by atoms with van der Waals surface area (Å²) in [5.41, 5.74) is 13.3. The van der Waals surface area contributed by atoms with Crippen LogP contribution < -0.4 is 11.5 Å². The Morgan fingerprint density at radius 3 is 2.69 bits per heavy atom. The van der Waals surface area contributed by atoms with E-state index >= 15 is 0 Å². The van der Waals surface area contributed by atoms with Crippen LogP contribution in [0.5, 0.6) is 0 Å². The van der Waals surface area contributed by atoms with E-state index in [9.17, 15) is 0 Å². The molecule has 1 aliphatic rings. The summed E-state index contributed by atoms with van der Waals surface area (Å²) in [6, 6.07) is 5.89. The second-order valence-electron chi connectivity index (χ2n) is 4.25. The molecule has 5 heteroatoms. The van der Waals surface area contributed by atoms with Gasteiger partial charge in [-0.2, -0.15) is 0 Å². The van der Waals surface area contributed by atoms with Gasteiger partial charge in [-0.05, 0) is 31.0 Å². The van der Waals surface area contributed by atoms with Crippen molar-refractivity contribution >= 4 is 32.8 Å². The van der Waals surface area contributed by atoms with Crippen LogP contribution in [-0.4, -0.2) is 9.97 Å². The Bertz CT molecular complexity index is 572. The van der Waals surface area contributed by atoms with Gasteiger partial charge in [-0.25, -0.2) is 9.97 Å². The van der Waals surface area contributed by atoms with Gasteiger partial charge in [-0.3, -0.25) is 0 Å². The molecule has 1 heterocycles. The van der Waals surface area contributed by atoms with E-state index in [1.54, 1.807) is 0 Å². The van der Waals surface area contributed by atoms with Gasteiger partial charge in [0.05, 0.1) is 16.7 Å². The smallest absolute Gasteiger partial charge is 0.220 e. The van der Waals surface area contributed by atoms with Crippen molar-refractivity contribution in [3.63, 3.8) is 0 Å². The highest BCUT2D eigenvalue weighted by atomic mass is 79.9. The summed E-state index contributed by atoms with van der Waals surface area (Å²) in [5, 5.41) is 0.998. The Balaban J connectivity index is 2.35. The van der Waals surface area contributed by atoms with E-state index < -0.39 is 0 Å². The first-order valence-electron chi connectivity index (χ1n) is 5.11. The molecule has 0 spiro atoms. The number of benzene rings is 1. The maximum atomic E-state index is 6.18. The molecule has 1 fully saturated rings. The van der Waals surface area contributed by atoms with Crippen LogP contribution in [0, 0.1) is 0 Å². The largest absolute Gasteiger partial charge is 0.368 e. The van der Waals surface area contributed by atoms with Gasteiger partial charge in [0.2, 0.25) is 5.95 Å². The quantitative estimate of drug-likeness (QED) is 0.836. The lowest BCUT2D eigenvalue weighted by molar-refractivity contribution is 0.716. The number of fused-ring (bicyclic) bond motifs is 1. The highest BCUT2D eigenvalue weighted by molar-refractivity contribution is 9.10. The van der Waals surface area contributed by atoms with Gasteiger partial charge >= 0.3 is 0 Å². The zero-order chi connectivity index (χ0) is 11.3. The van der Waals surface area contributed by atoms with Crippen LogP contribution in [0.25, 0.3) is 10.9 Å². The lowest BCUT2D eigenvalue weighted by Gasteiger charge is -2.12. The van der Waals surface area contributed by atoms with Crippen molar-refractivity contribution in [3.05, 3.63) is 28.4 Å². The van der Waals surface area contributed by atoms with Crippen LogP contribution >= 0.6 is 15.9 Å². The number of halogens is 1. The third kappa shape index (κ3) is 1.47. The molecule has 0 radical (unpaired) electrons. The number of hydrogen-bond donors (Lipinski definition) is 2. The summed E-state index contributed by atoms with van der Waals surface area (Å²) in [5.74, 6) is 0.289. The van der Waals surface area contributed by atoms with Gasteiger partial charge < -0.3 is 11.5 Å². The normalized spacial score (nSPS) is 17.6. The molecular formula is C11H11BrN4. The second-order valence-corrected chi connectivity index (χ2v) is 5.16. The highest BCUT2D eigenvalue weighted by Gasteiger charge is 2.43. The van der Waals surface area contributed by atoms with E-state index in [0.29, 0.717) is 0 Å². The lowest BCUT2D eigenvalue weighted by atomic mass is 10.1. The van der Waals surface area contributed by atoms with Crippen molar-refractivity contribution in [1.29, 1.82) is 0 Å². The number of anilines is 1. The number of nitrogens with two attached hydrogens (primary N) is 2. The first-order valence-corrected chi connectivity index (χ1v) is 5.90. The number of aromatic nitrogens is 2. The fraction of sp³-hybridized carbons (Fsp3) is 0.273. The van der Waals surface area contributed by atoms with Crippen LogP contribution in [0.2, 0.25) is 0 Å². The Kier molecular flexibility index (Phi) is 1.96. The van der Waals surface area contributed by atoms with Crippen molar-refractivity contribution in [2.24, 2.45) is 5.73 Å². The molecule has 1 saturated carbocycles. The molecular weight excluding hydrogens is 268 g/mol. The molecule has 0 bridgehead atoms. The molecule has 1 aromatic heterocycles. The summed E-state index contributed by atoms with van der Waals surface area (Å²) in [7, 11) is 0. The molecule has 1 aromatic carbocycles. The SMILES string of the molecule is Nc1nc(C2(N)CC2)c2ccc(Br)cc2n1. The summed E-state index contributed by atoms with van der Waals surface area (Å²) in [6.07, 6.45) is 1.93. The van der Waals surface area contributed by atoms with Crippen molar-refractivity contribution in [2.75, 3.05) is 5.73 Å². The second kappa shape index (κ2) is 3.15. The average molecular weight is 279 g/mol. The number of hydrogen-bond acceptors (Lipinski definition) is 4. The molecule has 0 aliphatic heterocycles. The van der Waals surface area contributed by atoms with E-state index in [2.05, 4.69) is 25.9 Å². The molecule has 4 N–H and O–H groups in total. The molecule has 3 rings (SSSR count). The molecule has 2 aromatic rings. The van der Waals surface area contributed by atoms with Gasteiger partial charge in [-0.1, -0.05) is 15.9 Å². The molecule has 0 amide bonds. The van der Waals surface area contributed by atoms with Crippen molar-refractivity contribution in [2.45, 2.75) is 18.4 Å². The van der Waals surface area contributed by atoms with E-state index in [1.165, 1.54) is 0 Å². The molecule has 0 unspecified atom stereocenters. The van der Waals surface area contributed by atoms with Crippen molar-refractivity contribution < 1.29 is 0 Å². The summed E-state index contributed by atoms with van der Waals surface area (Å²) in [6.45, 7) is 0. The Labute approximate surface area is 101 Å². The maximum absolute atomic E-state index is 6.18. The fourth-order valence-electron chi connectivity index (χ4n) is 1.87. The molecule has 16 heavy (non-hydrogen) atoms. The predicted octanol–water partition coefficient (Wildman–Crippen LogP) is 1.92. The fourth-order valence-corrected chi connectivity index (χ4v) is 2.22. The first-order chi connectivity index (χ1) is 7.58. The van der Waals surface area contributed by atoms with E-state index in [0.717, 1.165) is 33.9 Å². The maximum Gasteiger partial charge on any atom is 0.220 e. The molecule has 4 nitrogen and oxygen atoms in total. The van der Waals surface area contributed by atoms with E-state index in [1.807, 2.05) is 18.2 Å². The monoisotopic (exact) mass is 278 g/mol. The number of nitrogens with zero attached hydrogens (tertiary/aromatic N) is 2. The topological polar surface area (TPSA) is 77.8 Å². The van der Waals surface area contributed by atoms with Crippen LogP contribution in [0.3, 0.4) is 0 Å². The van der Waals surface area contributed by atoms with Gasteiger partial charge in [0.1, 0.15) is 0 Å². The van der Waals surface area contributed by atoms with Crippen molar-refractivity contribution in [1.82, 2.24) is 9.97 Å². The third-order valence-electron chi connectivity index (χ3n) is 2.94. The minimum Gasteiger partial charge on any atom is -0.368 e. The lowest BCUT2D eigenvalue weighted by Crippen LogP contribution is -2.21. The van der Waals surface area contributed by atoms with Crippen LogP contribution in [-0.2, 0) is 5.54 Å². The Morgan fingerprint density at radius 1 is 1.25 bits per heavy atom. The summed E-state index contributed by atoms with van der Waals surface area (Å²) in [4.78, 5) is 8.51. The average Bonchev–Trinajstić information content (AvgIpc) is 2.96. The van der Waals surface area contributed by atoms with E-state index in [-0.39, 0.29) is 11.5 Å². The van der Waals surface area contributed by atoms with Crippen LogP contribution in [0.1, 0.15) is 18.5 Å². The van der Waals surface area contributed by atoms with Crippen molar-refractivity contribution in [3.8, 4) is 0 Å². The molecule has 0 atom stereocenters. The Morgan fingerprint density at radius 2 is 2.00 bits per heavy atom. The van der Waals surface area contributed by atoms with Gasteiger partial charge in [0.15, 0.2) is 0 Å². The van der Waals surface area contributed by atoms with Gasteiger partial charge in [-0.15, -0.1) is 0 Å². The number of nitrogen functional groups attached to an aromatic ring is 1. The standard InChI is InChI=1S/C11H11BrN4/c12-6-1-2-7-8(5-6)15-10(13)16-9(7)11(14)3-4-11/h1-2,5H,3-4,14H2,(H2,13,15,16). The summed E-state index contributed by atoms with van der Waals surface area (Å²) < 4.78 is 0.978. The first kappa shape index (κ1) is 9.99. The van der Waals surface area contributed by atoms with Crippen LogP contribution in [0.4, 0.5) is 5.95 Å². The Hall–Kier alpha value is -1.20. The third-order valence-corrected chi connectivity index (χ3v) is 3.43. The molecule has 82 valence electrons. The summed E-state index contributed by atoms with van der Waals surface area (Å²) >= 11 is 3.42. The minimum atomic E-state index is -0.289. The highest BCUT2D eigenvalue weighted by Crippen LogP contribution is 2.44. The molecule has 0 saturated heterocycles. The van der Waals surface area contributed by atoms with E-state index in [4.69, 9.17) is 11.5 Å². The van der Waals surface area contributed by atoms with Gasteiger partial charge in [0.25, 0.3) is 0 Å². The molecule has 1 aliphatic carbocycles.